The van der Waals surface area contributed by atoms with Gasteiger partial charge in [-0.25, -0.2) is 0 Å². The van der Waals surface area contributed by atoms with Gasteiger partial charge in [0.15, 0.2) is 0 Å². The van der Waals surface area contributed by atoms with Gasteiger partial charge in [0.2, 0.25) is 5.41 Å². The maximum atomic E-state index is 12.7. The number of pyridine rings is 1. The van der Waals surface area contributed by atoms with E-state index in [1.165, 1.54) is 6.08 Å². The van der Waals surface area contributed by atoms with Gasteiger partial charge >= 0.3 is 11.9 Å². The summed E-state index contributed by atoms with van der Waals surface area (Å²) < 4.78 is 10.3. The number of hydrogen-bond acceptors (Lipinski definition) is 6. The minimum Gasteiger partial charge on any atom is -0.465 e. The highest BCUT2D eigenvalue weighted by Crippen LogP contribution is 2.36. The second-order valence-electron chi connectivity index (χ2n) is 5.91. The van der Waals surface area contributed by atoms with E-state index in [0.29, 0.717) is 5.69 Å². The Bertz CT molecular complexity index is 660. The monoisotopic (exact) mass is 330 g/mol. The van der Waals surface area contributed by atoms with Crippen LogP contribution in [0.25, 0.3) is 0 Å². The van der Waals surface area contributed by atoms with Crippen molar-refractivity contribution < 1.29 is 19.1 Å². The molecule has 1 aromatic rings. The summed E-state index contributed by atoms with van der Waals surface area (Å²) in [5.41, 5.74) is -1.63. The fraction of sp³-hybridized carbons (Fsp3) is 0.444. The predicted molar refractivity (Wildman–Crippen MR) is 89.7 cm³/mol. The summed E-state index contributed by atoms with van der Waals surface area (Å²) >= 11 is 0. The van der Waals surface area contributed by atoms with Crippen molar-refractivity contribution >= 4 is 17.7 Å². The van der Waals surface area contributed by atoms with E-state index < -0.39 is 22.9 Å². The van der Waals surface area contributed by atoms with Crippen LogP contribution in [0.1, 0.15) is 33.4 Å². The van der Waals surface area contributed by atoms with Gasteiger partial charge in [0, 0.05) is 6.20 Å². The second-order valence-corrected chi connectivity index (χ2v) is 5.91. The minimum absolute atomic E-state index is 0.146. The van der Waals surface area contributed by atoms with Crippen LogP contribution in [0.2, 0.25) is 0 Å². The number of hydrogen-bond donors (Lipinski definition) is 0. The fourth-order valence-electron chi connectivity index (χ4n) is 2.49. The second kappa shape index (κ2) is 6.95. The van der Waals surface area contributed by atoms with Gasteiger partial charge < -0.3 is 9.47 Å². The third kappa shape index (κ3) is 3.22. The van der Waals surface area contributed by atoms with Gasteiger partial charge in [-0.15, -0.1) is 0 Å². The molecule has 0 fully saturated rings. The molecule has 0 aromatic carbocycles. The van der Waals surface area contributed by atoms with E-state index in [2.05, 4.69) is 9.98 Å². The number of aromatic nitrogens is 1. The van der Waals surface area contributed by atoms with Crippen molar-refractivity contribution in [2.24, 2.45) is 10.4 Å². The molecule has 0 atom stereocenters. The number of carbonyl (C=O) groups is 2. The van der Waals surface area contributed by atoms with Crippen LogP contribution >= 0.6 is 0 Å². The molecule has 0 spiro atoms. The number of nitrogens with zero attached hydrogens (tertiary/aromatic N) is 2. The summed E-state index contributed by atoms with van der Waals surface area (Å²) in [6.07, 6.45) is 4.83. The molecule has 2 rings (SSSR count). The first-order chi connectivity index (χ1) is 11.4. The Morgan fingerprint density at radius 1 is 1.04 bits per heavy atom. The molecule has 0 saturated heterocycles. The Balaban J connectivity index is 2.68. The van der Waals surface area contributed by atoms with Gasteiger partial charge in [0.05, 0.1) is 30.2 Å². The Labute approximate surface area is 141 Å². The van der Waals surface area contributed by atoms with Crippen LogP contribution in [0.4, 0.5) is 0 Å². The molecule has 1 aromatic heterocycles. The van der Waals surface area contributed by atoms with Crippen molar-refractivity contribution in [3.63, 3.8) is 0 Å². The van der Waals surface area contributed by atoms with Gasteiger partial charge in [0.1, 0.15) is 0 Å². The normalized spacial score (nSPS) is 17.8. The zero-order valence-corrected chi connectivity index (χ0v) is 14.4. The van der Waals surface area contributed by atoms with Crippen molar-refractivity contribution in [3.05, 3.63) is 42.2 Å². The smallest absolute Gasteiger partial charge is 0.333 e. The molecule has 24 heavy (non-hydrogen) atoms. The summed E-state index contributed by atoms with van der Waals surface area (Å²) in [5, 5.41) is 0. The number of rotatable bonds is 5. The molecule has 0 amide bonds. The van der Waals surface area contributed by atoms with Gasteiger partial charge in [-0.3, -0.25) is 19.6 Å². The van der Waals surface area contributed by atoms with Gasteiger partial charge in [0.25, 0.3) is 0 Å². The van der Waals surface area contributed by atoms with Crippen molar-refractivity contribution in [2.45, 2.75) is 33.2 Å². The average Bonchev–Trinajstić information content (AvgIpc) is 2.55. The van der Waals surface area contributed by atoms with E-state index in [1.807, 2.05) is 13.8 Å². The molecule has 0 unspecified atom stereocenters. The lowest BCUT2D eigenvalue weighted by atomic mass is 9.76. The lowest BCUT2D eigenvalue weighted by Crippen LogP contribution is -2.50. The van der Waals surface area contributed by atoms with E-state index in [0.717, 1.165) is 0 Å². The largest absolute Gasteiger partial charge is 0.465 e. The summed E-state index contributed by atoms with van der Waals surface area (Å²) in [5.74, 6) is -1.42. The maximum absolute atomic E-state index is 12.7. The number of dihydropyridines is 1. The summed E-state index contributed by atoms with van der Waals surface area (Å²) in [4.78, 5) is 34.4. The SMILES string of the molecule is CCOC(=O)C1(C(=O)OCC)C=CC(C)(C)N=C1c1ccccn1. The third-order valence-corrected chi connectivity index (χ3v) is 3.62. The fourth-order valence-corrected chi connectivity index (χ4v) is 2.49. The summed E-state index contributed by atoms with van der Waals surface area (Å²) in [6, 6.07) is 5.24. The molecule has 0 radical (unpaired) electrons. The lowest BCUT2D eigenvalue weighted by Gasteiger charge is -2.33. The standard InChI is InChI=1S/C18H22N2O4/c1-5-23-15(21)18(16(22)24-6-2)11-10-17(3,4)20-14(18)13-9-7-8-12-19-13/h7-12H,5-6H2,1-4H3. The van der Waals surface area contributed by atoms with Crippen LogP contribution in [-0.2, 0) is 19.1 Å². The third-order valence-electron chi connectivity index (χ3n) is 3.62. The molecule has 6 heteroatoms. The van der Waals surface area contributed by atoms with Crippen molar-refractivity contribution in [1.29, 1.82) is 0 Å². The molecule has 1 aliphatic rings. The minimum atomic E-state index is -1.74. The highest BCUT2D eigenvalue weighted by atomic mass is 16.6. The van der Waals surface area contributed by atoms with E-state index in [-0.39, 0.29) is 18.9 Å². The number of esters is 2. The Morgan fingerprint density at radius 2 is 1.67 bits per heavy atom. The van der Waals surface area contributed by atoms with Gasteiger partial charge in [-0.05, 0) is 39.8 Å². The Morgan fingerprint density at radius 3 is 2.17 bits per heavy atom. The Hall–Kier alpha value is -2.50. The molecule has 0 saturated carbocycles. The van der Waals surface area contributed by atoms with Crippen LogP contribution in [0.15, 0.2) is 41.5 Å². The summed E-state index contributed by atoms with van der Waals surface area (Å²) in [6.45, 7) is 7.43. The Kier molecular flexibility index (Phi) is 5.17. The first kappa shape index (κ1) is 17.8. The first-order valence-electron chi connectivity index (χ1n) is 7.94. The average molecular weight is 330 g/mol. The molecule has 0 bridgehead atoms. The van der Waals surface area contributed by atoms with Crippen molar-refractivity contribution in [3.8, 4) is 0 Å². The van der Waals surface area contributed by atoms with E-state index in [4.69, 9.17) is 9.47 Å². The van der Waals surface area contributed by atoms with Crippen molar-refractivity contribution in [1.82, 2.24) is 4.98 Å². The van der Waals surface area contributed by atoms with Crippen LogP contribution in [-0.4, -0.2) is 41.4 Å². The predicted octanol–water partition coefficient (Wildman–Crippen LogP) is 2.33. The highest BCUT2D eigenvalue weighted by molar-refractivity contribution is 6.29. The molecule has 0 aliphatic carbocycles. The van der Waals surface area contributed by atoms with Gasteiger partial charge in [-0.2, -0.15) is 0 Å². The van der Waals surface area contributed by atoms with Crippen LogP contribution < -0.4 is 0 Å². The molecule has 0 N–H and O–H groups in total. The van der Waals surface area contributed by atoms with Crippen LogP contribution in [0.5, 0.6) is 0 Å². The quantitative estimate of drug-likeness (QED) is 0.470. The number of aliphatic imine (C=N–C) groups is 1. The van der Waals surface area contributed by atoms with E-state index in [9.17, 15) is 9.59 Å². The molecule has 1 aliphatic heterocycles. The number of ether oxygens (including phenoxy) is 2. The lowest BCUT2D eigenvalue weighted by molar-refractivity contribution is -0.163. The molecule has 128 valence electrons. The van der Waals surface area contributed by atoms with E-state index >= 15 is 0 Å². The zero-order valence-electron chi connectivity index (χ0n) is 14.4. The van der Waals surface area contributed by atoms with Crippen LogP contribution in [0, 0.1) is 5.41 Å². The van der Waals surface area contributed by atoms with Gasteiger partial charge in [-0.1, -0.05) is 18.2 Å². The van der Waals surface area contributed by atoms with Crippen LogP contribution in [0.3, 0.4) is 0 Å². The maximum Gasteiger partial charge on any atom is 0.333 e. The highest BCUT2D eigenvalue weighted by Gasteiger charge is 2.54. The summed E-state index contributed by atoms with van der Waals surface area (Å²) in [7, 11) is 0. The molecular formula is C18H22N2O4. The number of carbonyl (C=O) groups excluding carboxylic acids is 2. The molecule has 2 heterocycles. The molecule has 6 nitrogen and oxygen atoms in total. The molecular weight excluding hydrogens is 308 g/mol. The first-order valence-corrected chi connectivity index (χ1v) is 7.94. The zero-order chi connectivity index (χ0) is 17.8. The topological polar surface area (TPSA) is 77.9 Å². The van der Waals surface area contributed by atoms with E-state index in [1.54, 1.807) is 44.3 Å². The van der Waals surface area contributed by atoms with Crippen molar-refractivity contribution in [2.75, 3.05) is 13.2 Å².